The Morgan fingerprint density at radius 1 is 1.39 bits per heavy atom. The first-order valence-corrected chi connectivity index (χ1v) is 6.20. The zero-order valence-electron chi connectivity index (χ0n) is 11.0. The molecule has 18 heavy (non-hydrogen) atoms. The second-order valence-electron chi connectivity index (χ2n) is 4.13. The lowest BCUT2D eigenvalue weighted by Crippen LogP contribution is -2.12. The molecule has 0 radical (unpaired) electrons. The van der Waals surface area contributed by atoms with Crippen LogP contribution in [0.5, 0.6) is 5.75 Å². The SMILES string of the molecule is CCOc1ccccc1-c1ncc(C(C)NC)[nH]1. The predicted octanol–water partition coefficient (Wildman–Crippen LogP) is 2.76. The third kappa shape index (κ3) is 2.54. The Hall–Kier alpha value is -1.81. The van der Waals surface area contributed by atoms with Crippen molar-refractivity contribution >= 4 is 0 Å². The number of para-hydroxylation sites is 1. The Kier molecular flexibility index (Phi) is 3.99. The number of rotatable bonds is 5. The van der Waals surface area contributed by atoms with Crippen LogP contribution in [0.3, 0.4) is 0 Å². The summed E-state index contributed by atoms with van der Waals surface area (Å²) in [7, 11) is 1.93. The van der Waals surface area contributed by atoms with Gasteiger partial charge in [-0.15, -0.1) is 0 Å². The van der Waals surface area contributed by atoms with E-state index in [1.165, 1.54) is 0 Å². The van der Waals surface area contributed by atoms with Gasteiger partial charge >= 0.3 is 0 Å². The van der Waals surface area contributed by atoms with Gasteiger partial charge in [-0.25, -0.2) is 4.98 Å². The molecule has 4 heteroatoms. The molecule has 0 bridgehead atoms. The Balaban J connectivity index is 2.33. The van der Waals surface area contributed by atoms with Crippen molar-refractivity contribution in [3.8, 4) is 17.1 Å². The Bertz CT molecular complexity index is 507. The van der Waals surface area contributed by atoms with Gasteiger partial charge in [0.15, 0.2) is 0 Å². The van der Waals surface area contributed by atoms with E-state index in [4.69, 9.17) is 4.74 Å². The lowest BCUT2D eigenvalue weighted by molar-refractivity contribution is 0.341. The van der Waals surface area contributed by atoms with Crippen LogP contribution >= 0.6 is 0 Å². The number of hydrogen-bond acceptors (Lipinski definition) is 3. The minimum absolute atomic E-state index is 0.255. The molecule has 2 rings (SSSR count). The maximum absolute atomic E-state index is 5.61. The summed E-state index contributed by atoms with van der Waals surface area (Å²) in [4.78, 5) is 7.75. The number of hydrogen-bond donors (Lipinski definition) is 2. The maximum Gasteiger partial charge on any atom is 0.141 e. The quantitative estimate of drug-likeness (QED) is 0.851. The van der Waals surface area contributed by atoms with Crippen LogP contribution in [0.1, 0.15) is 25.6 Å². The van der Waals surface area contributed by atoms with Crippen LogP contribution in [-0.2, 0) is 0 Å². The highest BCUT2D eigenvalue weighted by atomic mass is 16.5. The predicted molar refractivity (Wildman–Crippen MR) is 72.7 cm³/mol. The number of nitrogens with zero attached hydrogens (tertiary/aromatic N) is 1. The van der Waals surface area contributed by atoms with Crippen molar-refractivity contribution in [3.63, 3.8) is 0 Å². The van der Waals surface area contributed by atoms with E-state index in [1.54, 1.807) is 0 Å². The Labute approximate surface area is 107 Å². The van der Waals surface area contributed by atoms with Crippen LogP contribution in [0.15, 0.2) is 30.5 Å². The van der Waals surface area contributed by atoms with Crippen molar-refractivity contribution in [3.05, 3.63) is 36.2 Å². The third-order valence-electron chi connectivity index (χ3n) is 2.94. The first kappa shape index (κ1) is 12.6. The third-order valence-corrected chi connectivity index (χ3v) is 2.94. The molecule has 0 saturated carbocycles. The smallest absolute Gasteiger partial charge is 0.141 e. The van der Waals surface area contributed by atoms with Gasteiger partial charge < -0.3 is 15.0 Å². The number of aromatic amines is 1. The van der Waals surface area contributed by atoms with E-state index in [0.717, 1.165) is 22.8 Å². The molecule has 0 aliphatic rings. The van der Waals surface area contributed by atoms with Crippen molar-refractivity contribution in [2.75, 3.05) is 13.7 Å². The molecule has 1 unspecified atom stereocenters. The largest absolute Gasteiger partial charge is 0.493 e. The van der Waals surface area contributed by atoms with Gasteiger partial charge in [0.05, 0.1) is 24.1 Å². The van der Waals surface area contributed by atoms with E-state index < -0.39 is 0 Å². The van der Waals surface area contributed by atoms with Crippen molar-refractivity contribution < 1.29 is 4.74 Å². The van der Waals surface area contributed by atoms with E-state index in [1.807, 2.05) is 44.4 Å². The van der Waals surface area contributed by atoms with Crippen LogP contribution in [0.2, 0.25) is 0 Å². The molecule has 0 amide bonds. The van der Waals surface area contributed by atoms with Gasteiger partial charge in [-0.05, 0) is 33.0 Å². The fourth-order valence-electron chi connectivity index (χ4n) is 1.79. The zero-order chi connectivity index (χ0) is 13.0. The second kappa shape index (κ2) is 5.69. The van der Waals surface area contributed by atoms with Gasteiger partial charge in [0.25, 0.3) is 0 Å². The van der Waals surface area contributed by atoms with E-state index in [-0.39, 0.29) is 6.04 Å². The normalized spacial score (nSPS) is 12.4. The van der Waals surface area contributed by atoms with E-state index in [9.17, 15) is 0 Å². The molecule has 1 aromatic heterocycles. The first-order chi connectivity index (χ1) is 8.76. The van der Waals surface area contributed by atoms with Gasteiger partial charge in [-0.3, -0.25) is 0 Å². The molecular weight excluding hydrogens is 226 g/mol. The molecule has 0 saturated heterocycles. The lowest BCUT2D eigenvalue weighted by Gasteiger charge is -2.08. The van der Waals surface area contributed by atoms with Crippen molar-refractivity contribution in [2.24, 2.45) is 0 Å². The molecule has 2 N–H and O–H groups in total. The molecule has 1 heterocycles. The van der Waals surface area contributed by atoms with Gasteiger partial charge in [-0.2, -0.15) is 0 Å². The highest BCUT2D eigenvalue weighted by molar-refractivity contribution is 5.64. The minimum atomic E-state index is 0.255. The molecule has 1 atom stereocenters. The second-order valence-corrected chi connectivity index (χ2v) is 4.13. The summed E-state index contributed by atoms with van der Waals surface area (Å²) in [6.45, 7) is 4.72. The fourth-order valence-corrected chi connectivity index (χ4v) is 1.79. The summed E-state index contributed by atoms with van der Waals surface area (Å²) in [5, 5.41) is 3.18. The fraction of sp³-hybridized carbons (Fsp3) is 0.357. The van der Waals surface area contributed by atoms with Crippen LogP contribution < -0.4 is 10.1 Å². The van der Waals surface area contributed by atoms with Crippen LogP contribution in [-0.4, -0.2) is 23.6 Å². The molecule has 2 aromatic rings. The average molecular weight is 245 g/mol. The van der Waals surface area contributed by atoms with E-state index in [0.29, 0.717) is 6.61 Å². The zero-order valence-corrected chi connectivity index (χ0v) is 11.0. The standard InChI is InChI=1S/C14H19N3O/c1-4-18-13-8-6-5-7-11(13)14-16-9-12(17-14)10(2)15-3/h5-10,15H,4H2,1-3H3,(H,16,17). The number of H-pyrrole nitrogens is 1. The summed E-state index contributed by atoms with van der Waals surface area (Å²) >= 11 is 0. The van der Waals surface area contributed by atoms with Crippen LogP contribution in [0, 0.1) is 0 Å². The van der Waals surface area contributed by atoms with Gasteiger partial charge in [0, 0.05) is 6.04 Å². The molecule has 4 nitrogen and oxygen atoms in total. The van der Waals surface area contributed by atoms with E-state index >= 15 is 0 Å². The number of imidazole rings is 1. The number of benzene rings is 1. The van der Waals surface area contributed by atoms with Crippen LogP contribution in [0.25, 0.3) is 11.4 Å². The highest BCUT2D eigenvalue weighted by Crippen LogP contribution is 2.28. The number of aromatic nitrogens is 2. The summed E-state index contributed by atoms with van der Waals surface area (Å²) in [6, 6.07) is 8.18. The minimum Gasteiger partial charge on any atom is -0.493 e. The summed E-state index contributed by atoms with van der Waals surface area (Å²) < 4.78 is 5.61. The summed E-state index contributed by atoms with van der Waals surface area (Å²) in [5.41, 5.74) is 2.06. The van der Waals surface area contributed by atoms with Crippen LogP contribution in [0.4, 0.5) is 0 Å². The van der Waals surface area contributed by atoms with Gasteiger partial charge in [0.2, 0.25) is 0 Å². The average Bonchev–Trinajstić information content (AvgIpc) is 2.88. The monoisotopic (exact) mass is 245 g/mol. The lowest BCUT2D eigenvalue weighted by atomic mass is 10.2. The van der Waals surface area contributed by atoms with E-state index in [2.05, 4.69) is 22.2 Å². The molecule has 96 valence electrons. The van der Waals surface area contributed by atoms with Crippen molar-refractivity contribution in [1.82, 2.24) is 15.3 Å². The molecule has 0 fully saturated rings. The van der Waals surface area contributed by atoms with Crippen molar-refractivity contribution in [2.45, 2.75) is 19.9 Å². The summed E-state index contributed by atoms with van der Waals surface area (Å²) in [6.07, 6.45) is 1.86. The molecule has 0 spiro atoms. The molecular formula is C14H19N3O. The highest BCUT2D eigenvalue weighted by Gasteiger charge is 2.11. The van der Waals surface area contributed by atoms with Gasteiger partial charge in [0.1, 0.15) is 11.6 Å². The Morgan fingerprint density at radius 2 is 2.17 bits per heavy atom. The summed E-state index contributed by atoms with van der Waals surface area (Å²) in [5.74, 6) is 1.70. The number of nitrogens with one attached hydrogen (secondary N) is 2. The van der Waals surface area contributed by atoms with Gasteiger partial charge in [-0.1, -0.05) is 12.1 Å². The first-order valence-electron chi connectivity index (χ1n) is 6.20. The van der Waals surface area contributed by atoms with Crippen molar-refractivity contribution in [1.29, 1.82) is 0 Å². The molecule has 1 aromatic carbocycles. The number of ether oxygens (including phenoxy) is 1. The molecule has 0 aliphatic carbocycles. The topological polar surface area (TPSA) is 49.9 Å². The maximum atomic E-state index is 5.61. The molecule has 0 aliphatic heterocycles. The Morgan fingerprint density at radius 3 is 2.89 bits per heavy atom.